The van der Waals surface area contributed by atoms with Gasteiger partial charge in [0.1, 0.15) is 35.3 Å². The van der Waals surface area contributed by atoms with Gasteiger partial charge < -0.3 is 20.8 Å². The van der Waals surface area contributed by atoms with Crippen LogP contribution in [0.15, 0.2) is 48.5 Å². The highest BCUT2D eigenvalue weighted by Gasteiger charge is 2.11. The van der Waals surface area contributed by atoms with Gasteiger partial charge in [-0.2, -0.15) is 0 Å². The average Bonchev–Trinajstić information content (AvgIpc) is 2.97. The number of ether oxygens (including phenoxy) is 1. The second-order valence-electron chi connectivity index (χ2n) is 6.36. The van der Waals surface area contributed by atoms with Crippen molar-refractivity contribution in [2.75, 3.05) is 18.1 Å². The maximum Gasteiger partial charge on any atom is 0.160 e. The minimum absolute atomic E-state index is 0.359. The lowest BCUT2D eigenvalue weighted by Crippen LogP contribution is -2.10. The van der Waals surface area contributed by atoms with E-state index in [2.05, 4.69) is 9.97 Å². The minimum atomic E-state index is 0.359. The Labute approximate surface area is 166 Å². The summed E-state index contributed by atoms with van der Waals surface area (Å²) in [6, 6.07) is 14.6. The van der Waals surface area contributed by atoms with Crippen LogP contribution in [0.1, 0.15) is 5.82 Å². The molecule has 0 atom stereocenters. The number of aromatic nitrogens is 4. The molecule has 4 rings (SSSR count). The molecule has 0 saturated carbocycles. The fourth-order valence-electron chi connectivity index (χ4n) is 3.05. The van der Waals surface area contributed by atoms with E-state index in [9.17, 15) is 0 Å². The third kappa shape index (κ3) is 3.70. The van der Waals surface area contributed by atoms with Crippen molar-refractivity contribution in [3.05, 3.63) is 59.4 Å². The summed E-state index contributed by atoms with van der Waals surface area (Å²) in [6.45, 7) is 3.04. The molecule has 3 aromatic heterocycles. The van der Waals surface area contributed by atoms with E-state index in [4.69, 9.17) is 32.8 Å². The van der Waals surface area contributed by atoms with E-state index in [-0.39, 0.29) is 0 Å². The van der Waals surface area contributed by atoms with Crippen LogP contribution >= 0.6 is 11.6 Å². The first kappa shape index (κ1) is 18.1. The molecule has 0 aliphatic heterocycles. The molecule has 0 saturated heterocycles. The van der Waals surface area contributed by atoms with Crippen LogP contribution < -0.4 is 16.2 Å². The molecular formula is C20H19ClN6O. The first-order chi connectivity index (χ1) is 13.5. The molecule has 0 unspecified atom stereocenters. The molecule has 142 valence electrons. The van der Waals surface area contributed by atoms with Gasteiger partial charge in [-0.25, -0.2) is 15.0 Å². The van der Waals surface area contributed by atoms with Crippen molar-refractivity contribution < 1.29 is 4.74 Å². The zero-order chi connectivity index (χ0) is 19.7. The molecule has 0 spiro atoms. The number of benzene rings is 1. The van der Waals surface area contributed by atoms with Crippen molar-refractivity contribution in [3.8, 4) is 17.0 Å². The third-order valence-corrected chi connectivity index (χ3v) is 4.59. The topological polar surface area (TPSA) is 105 Å². The van der Waals surface area contributed by atoms with Crippen molar-refractivity contribution in [2.24, 2.45) is 0 Å². The zero-order valence-corrected chi connectivity index (χ0v) is 16.0. The molecular weight excluding hydrogens is 376 g/mol. The second kappa shape index (κ2) is 7.36. The highest BCUT2D eigenvalue weighted by atomic mass is 35.5. The number of nitrogens with two attached hydrogens (primary N) is 2. The molecule has 0 amide bonds. The second-order valence-corrected chi connectivity index (χ2v) is 6.79. The number of fused-ring (bicyclic) bond motifs is 1. The Morgan fingerprint density at radius 2 is 1.68 bits per heavy atom. The fourth-order valence-corrected chi connectivity index (χ4v) is 3.18. The van der Waals surface area contributed by atoms with Gasteiger partial charge in [0.05, 0.1) is 12.2 Å². The smallest absolute Gasteiger partial charge is 0.160 e. The van der Waals surface area contributed by atoms with Gasteiger partial charge in [-0.3, -0.25) is 0 Å². The van der Waals surface area contributed by atoms with Gasteiger partial charge in [0.15, 0.2) is 5.65 Å². The lowest BCUT2D eigenvalue weighted by atomic mass is 10.1. The predicted molar refractivity (Wildman–Crippen MR) is 111 cm³/mol. The molecule has 3 heterocycles. The molecule has 1 aromatic carbocycles. The number of imidazole rings is 1. The SMILES string of the molecule is Cc1nc2ccc(-c3cc(N)nc(N)c3)nc2n1CCOc1ccc(Cl)cc1. The molecule has 28 heavy (non-hydrogen) atoms. The van der Waals surface area contributed by atoms with Crippen molar-refractivity contribution in [1.29, 1.82) is 0 Å². The first-order valence-electron chi connectivity index (χ1n) is 8.75. The number of nitrogen functional groups attached to an aromatic ring is 2. The number of pyridine rings is 2. The van der Waals surface area contributed by atoms with Crippen molar-refractivity contribution in [3.63, 3.8) is 0 Å². The molecule has 4 aromatic rings. The number of aryl methyl sites for hydroxylation is 1. The third-order valence-electron chi connectivity index (χ3n) is 4.34. The Hall–Kier alpha value is -3.32. The lowest BCUT2D eigenvalue weighted by Gasteiger charge is -2.10. The van der Waals surface area contributed by atoms with Crippen molar-refractivity contribution in [2.45, 2.75) is 13.5 Å². The van der Waals surface area contributed by atoms with Gasteiger partial charge in [-0.15, -0.1) is 0 Å². The molecule has 0 radical (unpaired) electrons. The quantitative estimate of drug-likeness (QED) is 0.534. The molecule has 8 heteroatoms. The van der Waals surface area contributed by atoms with E-state index >= 15 is 0 Å². The van der Waals surface area contributed by atoms with E-state index in [1.165, 1.54) is 0 Å². The minimum Gasteiger partial charge on any atom is -0.492 e. The van der Waals surface area contributed by atoms with Gasteiger partial charge in [-0.05, 0) is 55.5 Å². The summed E-state index contributed by atoms with van der Waals surface area (Å²) in [5, 5.41) is 0.679. The van der Waals surface area contributed by atoms with Crippen molar-refractivity contribution in [1.82, 2.24) is 19.5 Å². The molecule has 7 nitrogen and oxygen atoms in total. The first-order valence-corrected chi connectivity index (χ1v) is 9.13. The Balaban J connectivity index is 1.60. The Kier molecular flexibility index (Phi) is 4.75. The summed E-state index contributed by atoms with van der Waals surface area (Å²) < 4.78 is 7.84. The summed E-state index contributed by atoms with van der Waals surface area (Å²) in [6.07, 6.45) is 0. The van der Waals surface area contributed by atoms with E-state index < -0.39 is 0 Å². The van der Waals surface area contributed by atoms with Crippen molar-refractivity contribution >= 4 is 34.4 Å². The Morgan fingerprint density at radius 3 is 2.39 bits per heavy atom. The number of nitrogens with zero attached hydrogens (tertiary/aromatic N) is 4. The molecule has 0 fully saturated rings. The maximum atomic E-state index is 5.90. The summed E-state index contributed by atoms with van der Waals surface area (Å²) in [5.74, 6) is 2.35. The van der Waals surface area contributed by atoms with Crippen LogP contribution in [-0.2, 0) is 6.54 Å². The number of anilines is 2. The van der Waals surface area contributed by atoms with Crippen LogP contribution in [0.4, 0.5) is 11.6 Å². The van der Waals surface area contributed by atoms with E-state index in [1.807, 2.05) is 35.8 Å². The normalized spacial score (nSPS) is 11.1. The molecule has 0 aliphatic rings. The summed E-state index contributed by atoms with van der Waals surface area (Å²) in [7, 11) is 0. The van der Waals surface area contributed by atoms with Crippen LogP contribution in [-0.4, -0.2) is 26.1 Å². The van der Waals surface area contributed by atoms with Gasteiger partial charge in [0, 0.05) is 10.6 Å². The standard InChI is InChI=1S/C20H19ClN6O/c1-12-24-17-7-6-16(13-10-18(22)26-19(23)11-13)25-20(17)27(12)8-9-28-15-4-2-14(21)3-5-15/h2-7,10-11H,8-9H2,1H3,(H4,22,23,26). The summed E-state index contributed by atoms with van der Waals surface area (Å²) in [5.41, 5.74) is 14.8. The lowest BCUT2D eigenvalue weighted by molar-refractivity contribution is 0.298. The highest BCUT2D eigenvalue weighted by molar-refractivity contribution is 6.30. The zero-order valence-electron chi connectivity index (χ0n) is 15.3. The number of hydrogen-bond acceptors (Lipinski definition) is 6. The van der Waals surface area contributed by atoms with Crippen LogP contribution in [0.5, 0.6) is 5.75 Å². The monoisotopic (exact) mass is 394 g/mol. The number of hydrogen-bond donors (Lipinski definition) is 2. The van der Waals surface area contributed by atoms with E-state index in [1.54, 1.807) is 24.3 Å². The van der Waals surface area contributed by atoms with Gasteiger partial charge in [0.2, 0.25) is 0 Å². The Morgan fingerprint density at radius 1 is 0.964 bits per heavy atom. The predicted octanol–water partition coefficient (Wildman–Crippen LogP) is 3.70. The molecule has 0 aliphatic carbocycles. The largest absolute Gasteiger partial charge is 0.492 e. The van der Waals surface area contributed by atoms with Crippen LogP contribution in [0, 0.1) is 6.92 Å². The van der Waals surface area contributed by atoms with Crippen LogP contribution in [0.25, 0.3) is 22.4 Å². The summed E-state index contributed by atoms with van der Waals surface area (Å²) in [4.78, 5) is 13.4. The molecule has 4 N–H and O–H groups in total. The number of halogens is 1. The Bertz CT molecular complexity index is 1120. The fraction of sp³-hybridized carbons (Fsp3) is 0.150. The van der Waals surface area contributed by atoms with Gasteiger partial charge in [0.25, 0.3) is 0 Å². The summed E-state index contributed by atoms with van der Waals surface area (Å²) >= 11 is 5.90. The highest BCUT2D eigenvalue weighted by Crippen LogP contribution is 2.24. The molecule has 0 bridgehead atoms. The van der Waals surface area contributed by atoms with Gasteiger partial charge >= 0.3 is 0 Å². The van der Waals surface area contributed by atoms with E-state index in [0.29, 0.717) is 29.8 Å². The van der Waals surface area contributed by atoms with Crippen LogP contribution in [0.3, 0.4) is 0 Å². The van der Waals surface area contributed by atoms with Gasteiger partial charge in [-0.1, -0.05) is 11.6 Å². The maximum absolute atomic E-state index is 5.90. The van der Waals surface area contributed by atoms with E-state index in [0.717, 1.165) is 34.0 Å². The average molecular weight is 395 g/mol. The van der Waals surface area contributed by atoms with Crippen LogP contribution in [0.2, 0.25) is 5.02 Å². The number of rotatable bonds is 5.